The van der Waals surface area contributed by atoms with Crippen molar-refractivity contribution in [3.05, 3.63) is 46.2 Å². The second-order valence-corrected chi connectivity index (χ2v) is 6.88. The van der Waals surface area contributed by atoms with Gasteiger partial charge in [-0.3, -0.25) is 9.48 Å². The molecule has 1 aromatic carbocycles. The van der Waals surface area contributed by atoms with Gasteiger partial charge in [-0.1, -0.05) is 22.9 Å². The van der Waals surface area contributed by atoms with Crippen LogP contribution >= 0.6 is 15.9 Å². The van der Waals surface area contributed by atoms with E-state index in [0.717, 1.165) is 34.3 Å². The van der Waals surface area contributed by atoms with Gasteiger partial charge in [-0.15, -0.1) is 0 Å². The maximum absolute atomic E-state index is 12.8. The lowest BCUT2D eigenvalue weighted by molar-refractivity contribution is -0.119. The molecule has 0 aliphatic carbocycles. The van der Waals surface area contributed by atoms with Gasteiger partial charge in [0.2, 0.25) is 5.91 Å². The number of hydrogen-bond acceptors (Lipinski definition) is 3. The predicted octanol–water partition coefficient (Wildman–Crippen LogP) is 2.69. The van der Waals surface area contributed by atoms with Crippen molar-refractivity contribution in [2.24, 2.45) is 13.0 Å². The highest BCUT2D eigenvalue weighted by molar-refractivity contribution is 9.10. The summed E-state index contributed by atoms with van der Waals surface area (Å²) >= 11 is 3.48. The average molecular weight is 377 g/mol. The number of nitrogens with one attached hydrogen (secondary N) is 2. The Bertz CT molecular complexity index is 712. The van der Waals surface area contributed by atoms with Gasteiger partial charge in [0.15, 0.2) is 0 Å². The van der Waals surface area contributed by atoms with Gasteiger partial charge < -0.3 is 10.6 Å². The number of aromatic nitrogens is 2. The predicted molar refractivity (Wildman–Crippen MR) is 94.5 cm³/mol. The Morgan fingerprint density at radius 2 is 2.30 bits per heavy atom. The van der Waals surface area contributed by atoms with Crippen LogP contribution in [0.15, 0.2) is 35.1 Å². The monoisotopic (exact) mass is 376 g/mol. The molecule has 23 heavy (non-hydrogen) atoms. The molecule has 0 spiro atoms. The largest absolute Gasteiger partial charge is 0.326 e. The van der Waals surface area contributed by atoms with E-state index in [1.165, 1.54) is 0 Å². The maximum Gasteiger partial charge on any atom is 0.229 e. The molecule has 1 aliphatic rings. The fourth-order valence-corrected chi connectivity index (χ4v) is 3.55. The number of benzene rings is 1. The third-order valence-corrected chi connectivity index (χ3v) is 4.90. The molecule has 1 aliphatic heterocycles. The number of hydrogen-bond donors (Lipinski definition) is 2. The van der Waals surface area contributed by atoms with Crippen molar-refractivity contribution in [1.29, 1.82) is 0 Å². The third-order valence-electron chi connectivity index (χ3n) is 4.41. The molecule has 1 aromatic heterocycles. The van der Waals surface area contributed by atoms with Crippen molar-refractivity contribution < 1.29 is 4.79 Å². The zero-order chi connectivity index (χ0) is 16.4. The molecule has 0 bridgehead atoms. The van der Waals surface area contributed by atoms with Gasteiger partial charge in [0, 0.05) is 42.4 Å². The quantitative estimate of drug-likeness (QED) is 0.862. The zero-order valence-corrected chi connectivity index (χ0v) is 14.9. The van der Waals surface area contributed by atoms with E-state index in [1.807, 2.05) is 31.6 Å². The molecule has 0 saturated carbocycles. The van der Waals surface area contributed by atoms with Crippen LogP contribution in [0.1, 0.15) is 24.0 Å². The average Bonchev–Trinajstić information content (AvgIpc) is 3.17. The number of anilines is 1. The van der Waals surface area contributed by atoms with E-state index in [1.54, 1.807) is 4.68 Å². The molecule has 0 radical (unpaired) electrons. The standard InChI is InChI=1S/C17H21BrN4O/c1-3-11-6-13(18)4-5-16(11)21-17(23)15-9-19-8-14(15)12-7-20-22(2)10-12/h4-7,10,14-15,19H,3,8-9H2,1-2H3,(H,21,23)/t14-,15+/m1/s1. The molecule has 6 heteroatoms. The Labute approximate surface area is 144 Å². The van der Waals surface area contributed by atoms with Crippen LogP contribution in [0.4, 0.5) is 5.69 Å². The van der Waals surface area contributed by atoms with Gasteiger partial charge in [0.05, 0.1) is 12.1 Å². The molecule has 1 fully saturated rings. The van der Waals surface area contributed by atoms with Crippen LogP contribution in [-0.2, 0) is 18.3 Å². The van der Waals surface area contributed by atoms with Crippen molar-refractivity contribution in [1.82, 2.24) is 15.1 Å². The van der Waals surface area contributed by atoms with Crippen molar-refractivity contribution in [3.63, 3.8) is 0 Å². The summed E-state index contributed by atoms with van der Waals surface area (Å²) in [4.78, 5) is 12.8. The topological polar surface area (TPSA) is 59.0 Å². The van der Waals surface area contributed by atoms with Gasteiger partial charge in [0.1, 0.15) is 0 Å². The minimum Gasteiger partial charge on any atom is -0.326 e. The van der Waals surface area contributed by atoms with Crippen LogP contribution < -0.4 is 10.6 Å². The summed E-state index contributed by atoms with van der Waals surface area (Å²) in [5, 5.41) is 10.7. The normalized spacial score (nSPS) is 20.7. The lowest BCUT2D eigenvalue weighted by Crippen LogP contribution is -2.28. The number of carbonyl (C=O) groups is 1. The molecule has 2 atom stereocenters. The zero-order valence-electron chi connectivity index (χ0n) is 13.3. The molecule has 2 N–H and O–H groups in total. The first kappa shape index (κ1) is 16.2. The van der Waals surface area contributed by atoms with Crippen molar-refractivity contribution in [2.45, 2.75) is 19.3 Å². The molecule has 2 heterocycles. The number of rotatable bonds is 4. The lowest BCUT2D eigenvalue weighted by Gasteiger charge is -2.18. The third kappa shape index (κ3) is 3.48. The van der Waals surface area contributed by atoms with E-state index >= 15 is 0 Å². The second kappa shape index (κ2) is 6.84. The molecule has 1 amide bonds. The van der Waals surface area contributed by atoms with Crippen molar-refractivity contribution in [2.75, 3.05) is 18.4 Å². The summed E-state index contributed by atoms with van der Waals surface area (Å²) in [6.07, 6.45) is 4.73. The number of carbonyl (C=O) groups excluding carboxylic acids is 1. The van der Waals surface area contributed by atoms with Gasteiger partial charge >= 0.3 is 0 Å². The highest BCUT2D eigenvalue weighted by Crippen LogP contribution is 2.30. The second-order valence-electron chi connectivity index (χ2n) is 5.96. The van der Waals surface area contributed by atoms with Crippen molar-refractivity contribution in [3.8, 4) is 0 Å². The van der Waals surface area contributed by atoms with E-state index < -0.39 is 0 Å². The van der Waals surface area contributed by atoms with E-state index in [-0.39, 0.29) is 17.7 Å². The van der Waals surface area contributed by atoms with Crippen LogP contribution in [0.2, 0.25) is 0 Å². The first-order chi connectivity index (χ1) is 11.1. The molecule has 1 saturated heterocycles. The summed E-state index contributed by atoms with van der Waals surface area (Å²) in [6, 6.07) is 5.98. The highest BCUT2D eigenvalue weighted by Gasteiger charge is 2.34. The maximum atomic E-state index is 12.8. The Morgan fingerprint density at radius 1 is 1.48 bits per heavy atom. The Balaban J connectivity index is 1.77. The summed E-state index contributed by atoms with van der Waals surface area (Å²) in [6.45, 7) is 3.60. The number of nitrogens with zero attached hydrogens (tertiary/aromatic N) is 2. The van der Waals surface area contributed by atoms with Gasteiger partial charge in [-0.05, 0) is 35.7 Å². The SMILES string of the molecule is CCc1cc(Br)ccc1NC(=O)[C@H]1CNC[C@@H]1c1cnn(C)c1. The van der Waals surface area contributed by atoms with E-state index in [4.69, 9.17) is 0 Å². The van der Waals surface area contributed by atoms with Crippen molar-refractivity contribution >= 4 is 27.5 Å². The Kier molecular flexibility index (Phi) is 4.82. The smallest absolute Gasteiger partial charge is 0.229 e. The van der Waals surface area contributed by atoms with E-state index in [9.17, 15) is 4.79 Å². The molecule has 0 unspecified atom stereocenters. The number of amides is 1. The molecular formula is C17H21BrN4O. The highest BCUT2D eigenvalue weighted by atomic mass is 79.9. The van der Waals surface area contributed by atoms with Crippen LogP contribution in [0.5, 0.6) is 0 Å². The molecule has 3 rings (SSSR count). The van der Waals surface area contributed by atoms with Crippen LogP contribution in [0.3, 0.4) is 0 Å². The van der Waals surface area contributed by atoms with Crippen LogP contribution in [0.25, 0.3) is 0 Å². The lowest BCUT2D eigenvalue weighted by atomic mass is 9.90. The molecule has 5 nitrogen and oxygen atoms in total. The van der Waals surface area contributed by atoms with Crippen LogP contribution in [-0.4, -0.2) is 28.8 Å². The Morgan fingerprint density at radius 3 is 3.00 bits per heavy atom. The fourth-order valence-electron chi connectivity index (χ4n) is 3.14. The molecule has 2 aromatic rings. The number of halogens is 1. The van der Waals surface area contributed by atoms with E-state index in [2.05, 4.69) is 44.7 Å². The van der Waals surface area contributed by atoms with Crippen LogP contribution in [0, 0.1) is 5.92 Å². The fraction of sp³-hybridized carbons (Fsp3) is 0.412. The van der Waals surface area contributed by atoms with Gasteiger partial charge in [-0.2, -0.15) is 5.10 Å². The summed E-state index contributed by atoms with van der Waals surface area (Å²) in [5.41, 5.74) is 3.15. The summed E-state index contributed by atoms with van der Waals surface area (Å²) in [5.74, 6) is 0.164. The first-order valence-corrected chi connectivity index (χ1v) is 8.66. The van der Waals surface area contributed by atoms with Gasteiger partial charge in [-0.25, -0.2) is 0 Å². The Hall–Kier alpha value is -1.66. The summed E-state index contributed by atoms with van der Waals surface area (Å²) < 4.78 is 2.81. The minimum absolute atomic E-state index is 0.0703. The van der Waals surface area contributed by atoms with Gasteiger partial charge in [0.25, 0.3) is 0 Å². The van der Waals surface area contributed by atoms with E-state index in [0.29, 0.717) is 6.54 Å². The molecular weight excluding hydrogens is 356 g/mol. The summed E-state index contributed by atoms with van der Waals surface area (Å²) in [7, 11) is 1.90. The first-order valence-electron chi connectivity index (χ1n) is 7.87. The number of aryl methyl sites for hydroxylation is 2. The molecule has 122 valence electrons. The minimum atomic E-state index is -0.0763.